The van der Waals surface area contributed by atoms with Crippen molar-refractivity contribution in [2.24, 2.45) is 0 Å². The van der Waals surface area contributed by atoms with Crippen molar-refractivity contribution >= 4 is 11.9 Å². The minimum atomic E-state index is -2.38. The summed E-state index contributed by atoms with van der Waals surface area (Å²) in [6.07, 6.45) is -0.279. The van der Waals surface area contributed by atoms with Crippen LogP contribution in [-0.2, 0) is 20.7 Å². The first-order valence-electron chi connectivity index (χ1n) is 8.08. The third-order valence-corrected chi connectivity index (χ3v) is 3.55. The lowest BCUT2D eigenvalue weighted by molar-refractivity contribution is -0.243. The molecule has 1 unspecified atom stereocenters. The molecule has 7 heteroatoms. The molecule has 2 aromatic carbocycles. The van der Waals surface area contributed by atoms with E-state index in [9.17, 15) is 19.8 Å². The highest BCUT2D eigenvalue weighted by Crippen LogP contribution is 2.24. The van der Waals surface area contributed by atoms with E-state index in [1.807, 2.05) is 0 Å². The highest BCUT2D eigenvalue weighted by molar-refractivity contribution is 5.85. The van der Waals surface area contributed by atoms with Crippen molar-refractivity contribution in [3.8, 4) is 11.5 Å². The van der Waals surface area contributed by atoms with Crippen LogP contribution in [0.5, 0.6) is 11.5 Å². The van der Waals surface area contributed by atoms with Crippen LogP contribution >= 0.6 is 0 Å². The molecule has 2 N–H and O–H groups in total. The van der Waals surface area contributed by atoms with Crippen molar-refractivity contribution in [1.29, 1.82) is 0 Å². The molecule has 0 radical (unpaired) electrons. The van der Waals surface area contributed by atoms with Gasteiger partial charge >= 0.3 is 5.97 Å². The SMILES string of the molecule is CCOC(=O)C(O)(Cc1ccc(O)cc1)N(Oc1ccccc1)C(C)=O. The number of phenols is 1. The summed E-state index contributed by atoms with van der Waals surface area (Å²) in [6.45, 7) is 2.78. The Morgan fingerprint density at radius 2 is 1.69 bits per heavy atom. The number of para-hydroxylation sites is 1. The third kappa shape index (κ3) is 4.52. The first kappa shape index (κ1) is 19.3. The van der Waals surface area contributed by atoms with E-state index in [0.717, 1.165) is 0 Å². The number of rotatable bonds is 7. The number of hydrogen-bond acceptors (Lipinski definition) is 6. The van der Waals surface area contributed by atoms with Crippen molar-refractivity contribution in [2.75, 3.05) is 6.61 Å². The molecule has 0 aliphatic carbocycles. The Balaban J connectivity index is 2.39. The maximum Gasteiger partial charge on any atom is 0.363 e. The molecule has 0 aliphatic heterocycles. The van der Waals surface area contributed by atoms with Gasteiger partial charge in [-0.3, -0.25) is 4.79 Å². The van der Waals surface area contributed by atoms with E-state index in [2.05, 4.69) is 0 Å². The topological polar surface area (TPSA) is 96.3 Å². The molecule has 0 fully saturated rings. The number of carbonyl (C=O) groups excluding carboxylic acids is 2. The quantitative estimate of drug-likeness (QED) is 0.446. The normalized spacial score (nSPS) is 12.7. The number of benzene rings is 2. The Hall–Kier alpha value is -3.06. The van der Waals surface area contributed by atoms with E-state index in [0.29, 0.717) is 10.6 Å². The molecule has 1 atom stereocenters. The fraction of sp³-hybridized carbons (Fsp3) is 0.263. The summed E-state index contributed by atoms with van der Waals surface area (Å²) in [5, 5.41) is 21.1. The first-order valence-corrected chi connectivity index (χ1v) is 8.08. The molecular formula is C19H21NO6. The van der Waals surface area contributed by atoms with Crippen molar-refractivity contribution in [3.63, 3.8) is 0 Å². The molecule has 0 spiro atoms. The van der Waals surface area contributed by atoms with Crippen molar-refractivity contribution < 1.29 is 29.4 Å². The average Bonchev–Trinajstić information content (AvgIpc) is 2.62. The molecule has 7 nitrogen and oxygen atoms in total. The summed E-state index contributed by atoms with van der Waals surface area (Å²) in [5.41, 5.74) is -1.88. The zero-order valence-corrected chi connectivity index (χ0v) is 14.6. The van der Waals surface area contributed by atoms with Gasteiger partial charge in [0.05, 0.1) is 6.61 Å². The maximum absolute atomic E-state index is 12.5. The van der Waals surface area contributed by atoms with Crippen LogP contribution in [-0.4, -0.2) is 39.5 Å². The number of carbonyl (C=O) groups is 2. The smallest absolute Gasteiger partial charge is 0.363 e. The molecule has 2 aromatic rings. The largest absolute Gasteiger partial charge is 0.508 e. The van der Waals surface area contributed by atoms with Crippen LogP contribution in [0.15, 0.2) is 54.6 Å². The minimum absolute atomic E-state index is 0.0216. The zero-order chi connectivity index (χ0) is 19.2. The van der Waals surface area contributed by atoms with Crippen LogP contribution in [0.25, 0.3) is 0 Å². The first-order chi connectivity index (χ1) is 12.4. The summed E-state index contributed by atoms with van der Waals surface area (Å²) in [6, 6.07) is 14.2. The van der Waals surface area contributed by atoms with Crippen LogP contribution in [0.3, 0.4) is 0 Å². The minimum Gasteiger partial charge on any atom is -0.508 e. The van der Waals surface area contributed by atoms with E-state index in [4.69, 9.17) is 9.57 Å². The number of aromatic hydroxyl groups is 1. The number of aliphatic hydroxyl groups is 1. The van der Waals surface area contributed by atoms with Gasteiger partial charge in [0, 0.05) is 13.3 Å². The van der Waals surface area contributed by atoms with Crippen LogP contribution < -0.4 is 4.84 Å². The molecule has 0 aliphatic rings. The second-order valence-electron chi connectivity index (χ2n) is 5.60. The number of hydrogen-bond donors (Lipinski definition) is 2. The lowest BCUT2D eigenvalue weighted by Gasteiger charge is -2.35. The van der Waals surface area contributed by atoms with Gasteiger partial charge in [0.25, 0.3) is 11.6 Å². The maximum atomic E-state index is 12.5. The van der Waals surface area contributed by atoms with Gasteiger partial charge in [-0.15, -0.1) is 5.06 Å². The fourth-order valence-electron chi connectivity index (χ4n) is 2.36. The number of ether oxygens (including phenoxy) is 1. The van der Waals surface area contributed by atoms with E-state index in [-0.39, 0.29) is 24.5 Å². The Bertz CT molecular complexity index is 746. The summed E-state index contributed by atoms with van der Waals surface area (Å²) in [7, 11) is 0. The Morgan fingerprint density at radius 1 is 1.08 bits per heavy atom. The molecule has 2 rings (SSSR count). The second-order valence-corrected chi connectivity index (χ2v) is 5.60. The van der Waals surface area contributed by atoms with Crippen molar-refractivity contribution in [1.82, 2.24) is 5.06 Å². The number of amides is 1. The summed E-state index contributed by atoms with van der Waals surface area (Å²) in [4.78, 5) is 30.1. The molecule has 0 aromatic heterocycles. The number of phenolic OH excluding ortho intramolecular Hbond substituents is 1. The highest BCUT2D eigenvalue weighted by Gasteiger charge is 2.48. The van der Waals surface area contributed by atoms with Crippen LogP contribution in [0.1, 0.15) is 19.4 Å². The highest BCUT2D eigenvalue weighted by atomic mass is 16.7. The molecular weight excluding hydrogens is 338 g/mol. The lowest BCUT2D eigenvalue weighted by atomic mass is 10.0. The Labute approximate surface area is 151 Å². The number of hydroxylamine groups is 2. The van der Waals surface area contributed by atoms with Gasteiger partial charge in [0.2, 0.25) is 0 Å². The summed E-state index contributed by atoms with van der Waals surface area (Å²) in [5.74, 6) is -1.38. The predicted octanol–water partition coefficient (Wildman–Crippen LogP) is 2.03. The van der Waals surface area contributed by atoms with E-state index in [1.54, 1.807) is 37.3 Å². The number of nitrogens with zero attached hydrogens (tertiary/aromatic N) is 1. The fourth-order valence-corrected chi connectivity index (χ4v) is 2.36. The van der Waals surface area contributed by atoms with E-state index in [1.165, 1.54) is 31.2 Å². The predicted molar refractivity (Wildman–Crippen MR) is 93.0 cm³/mol. The van der Waals surface area contributed by atoms with Crippen molar-refractivity contribution in [3.05, 3.63) is 60.2 Å². The zero-order valence-electron chi connectivity index (χ0n) is 14.6. The monoisotopic (exact) mass is 359 g/mol. The van der Waals surface area contributed by atoms with Crippen molar-refractivity contribution in [2.45, 2.75) is 26.0 Å². The molecule has 0 bridgehead atoms. The summed E-state index contributed by atoms with van der Waals surface area (Å²) < 4.78 is 4.96. The van der Waals surface area contributed by atoms with Gasteiger partial charge in [-0.05, 0) is 36.8 Å². The van der Waals surface area contributed by atoms with Gasteiger partial charge in [0.1, 0.15) is 5.75 Å². The standard InChI is InChI=1S/C19H21NO6/c1-3-25-18(23)19(24,13-15-9-11-16(22)12-10-15)20(14(2)21)26-17-7-5-4-6-8-17/h4-12,22,24H,3,13H2,1-2H3. The summed E-state index contributed by atoms with van der Waals surface area (Å²) >= 11 is 0. The average molecular weight is 359 g/mol. The van der Waals surface area contributed by atoms with Crippen LogP contribution in [0, 0.1) is 0 Å². The molecule has 26 heavy (non-hydrogen) atoms. The molecule has 0 saturated heterocycles. The van der Waals surface area contributed by atoms with Crippen LogP contribution in [0.4, 0.5) is 0 Å². The molecule has 0 heterocycles. The van der Waals surface area contributed by atoms with E-state index >= 15 is 0 Å². The third-order valence-electron chi connectivity index (χ3n) is 3.55. The van der Waals surface area contributed by atoms with Gasteiger partial charge in [0.15, 0.2) is 5.75 Å². The Kier molecular flexibility index (Phi) is 6.19. The molecule has 1 amide bonds. The van der Waals surface area contributed by atoms with Gasteiger partial charge < -0.3 is 19.8 Å². The van der Waals surface area contributed by atoms with Gasteiger partial charge in [-0.25, -0.2) is 4.79 Å². The molecule has 0 saturated carbocycles. The number of esters is 1. The lowest BCUT2D eigenvalue weighted by Crippen LogP contribution is -2.60. The van der Waals surface area contributed by atoms with E-state index < -0.39 is 17.6 Å². The van der Waals surface area contributed by atoms with Crippen LogP contribution in [0.2, 0.25) is 0 Å². The molecule has 138 valence electrons. The van der Waals surface area contributed by atoms with Gasteiger partial charge in [-0.1, -0.05) is 30.3 Å². The Morgan fingerprint density at radius 3 is 2.23 bits per heavy atom. The van der Waals surface area contributed by atoms with Gasteiger partial charge in [-0.2, -0.15) is 0 Å². The second kappa shape index (κ2) is 8.35.